The van der Waals surface area contributed by atoms with Gasteiger partial charge in [-0.25, -0.2) is 0 Å². The second-order valence-electron chi connectivity index (χ2n) is 5.00. The zero-order chi connectivity index (χ0) is 14.9. The zero-order valence-corrected chi connectivity index (χ0v) is 13.3. The number of fused-ring (bicyclic) bond motifs is 2. The third kappa shape index (κ3) is 2.43. The first-order valence-electron chi connectivity index (χ1n) is 7.00. The summed E-state index contributed by atoms with van der Waals surface area (Å²) in [7, 11) is 0. The minimum atomic E-state index is 0.126. The van der Waals surface area contributed by atoms with E-state index in [0.29, 0.717) is 0 Å². The molecule has 0 aliphatic rings. The molecule has 0 unspecified atom stereocenters. The molecular weight excluding hydrogens is 308 g/mol. The monoisotopic (exact) mass is 320 g/mol. The van der Waals surface area contributed by atoms with Crippen LogP contribution in [0.4, 0.5) is 0 Å². The van der Waals surface area contributed by atoms with Crippen molar-refractivity contribution in [2.75, 3.05) is 0 Å². The van der Waals surface area contributed by atoms with E-state index in [1.807, 2.05) is 54.6 Å². The lowest BCUT2D eigenvalue weighted by molar-refractivity contribution is 1.43. The lowest BCUT2D eigenvalue weighted by Crippen LogP contribution is -2.00. The maximum absolute atomic E-state index is 12.6. The molecule has 0 spiro atoms. The summed E-state index contributed by atoms with van der Waals surface area (Å²) in [5, 5.41) is 1.62. The van der Waals surface area contributed by atoms with Gasteiger partial charge in [0, 0.05) is 30.0 Å². The molecule has 4 rings (SSSR count). The Morgan fingerprint density at radius 1 is 0.682 bits per heavy atom. The molecule has 0 bridgehead atoms. The fourth-order valence-corrected chi connectivity index (χ4v) is 4.53. The normalized spacial score (nSPS) is 11.1. The van der Waals surface area contributed by atoms with E-state index in [4.69, 9.17) is 0 Å². The van der Waals surface area contributed by atoms with Crippen molar-refractivity contribution in [2.45, 2.75) is 9.79 Å². The molecule has 1 nitrogen and oxygen atoms in total. The van der Waals surface area contributed by atoms with Gasteiger partial charge >= 0.3 is 0 Å². The largest absolute Gasteiger partial charge is 0.289 e. The Kier molecular flexibility index (Phi) is 3.45. The Bertz CT molecular complexity index is 1020. The van der Waals surface area contributed by atoms with Crippen molar-refractivity contribution in [3.63, 3.8) is 0 Å². The molecule has 1 aromatic heterocycles. The molecule has 1 heterocycles. The van der Waals surface area contributed by atoms with Crippen LogP contribution in [0.15, 0.2) is 87.4 Å². The van der Waals surface area contributed by atoms with Crippen molar-refractivity contribution in [1.29, 1.82) is 0 Å². The highest BCUT2D eigenvalue weighted by Crippen LogP contribution is 2.32. The first-order chi connectivity index (χ1) is 10.8. The van der Waals surface area contributed by atoms with Crippen molar-refractivity contribution in [3.05, 3.63) is 83.0 Å². The quantitative estimate of drug-likeness (QED) is 0.449. The maximum atomic E-state index is 12.6. The summed E-state index contributed by atoms with van der Waals surface area (Å²) >= 11 is 3.40. The minimum Gasteiger partial charge on any atom is -0.289 e. The summed E-state index contributed by atoms with van der Waals surface area (Å²) in [4.78, 5) is 14.9. The van der Waals surface area contributed by atoms with E-state index in [1.54, 1.807) is 23.1 Å². The zero-order valence-electron chi connectivity index (χ0n) is 11.7. The van der Waals surface area contributed by atoms with E-state index in [-0.39, 0.29) is 5.43 Å². The predicted octanol–water partition coefficient (Wildman–Crippen LogP) is 5.57. The Balaban J connectivity index is 1.87. The summed E-state index contributed by atoms with van der Waals surface area (Å²) in [5.41, 5.74) is 0.126. The number of hydrogen-bond acceptors (Lipinski definition) is 3. The molecule has 106 valence electrons. The first kappa shape index (κ1) is 13.6. The van der Waals surface area contributed by atoms with Gasteiger partial charge in [0.25, 0.3) is 0 Å². The van der Waals surface area contributed by atoms with Gasteiger partial charge in [-0.2, -0.15) is 0 Å². The lowest BCUT2D eigenvalue weighted by atomic mass is 10.2. The molecular formula is C19H12OS2. The van der Waals surface area contributed by atoms with E-state index < -0.39 is 0 Å². The van der Waals surface area contributed by atoms with E-state index >= 15 is 0 Å². The maximum Gasteiger partial charge on any atom is 0.195 e. The minimum absolute atomic E-state index is 0.126. The van der Waals surface area contributed by atoms with Crippen LogP contribution >= 0.6 is 23.1 Å². The molecule has 0 aliphatic carbocycles. The van der Waals surface area contributed by atoms with Crippen LogP contribution in [0.25, 0.3) is 20.2 Å². The summed E-state index contributed by atoms with van der Waals surface area (Å²) in [6.45, 7) is 0. The van der Waals surface area contributed by atoms with Crippen molar-refractivity contribution >= 4 is 43.3 Å². The second kappa shape index (κ2) is 5.59. The molecule has 0 N–H and O–H groups in total. The van der Waals surface area contributed by atoms with E-state index in [9.17, 15) is 4.79 Å². The van der Waals surface area contributed by atoms with Crippen LogP contribution in [0.2, 0.25) is 0 Å². The van der Waals surface area contributed by atoms with Gasteiger partial charge in [-0.15, -0.1) is 11.3 Å². The Morgan fingerprint density at radius 2 is 1.41 bits per heavy atom. The highest BCUT2D eigenvalue weighted by molar-refractivity contribution is 7.99. The third-order valence-corrected chi connectivity index (χ3v) is 5.66. The number of rotatable bonds is 2. The van der Waals surface area contributed by atoms with Crippen LogP contribution in [0, 0.1) is 0 Å². The van der Waals surface area contributed by atoms with Crippen molar-refractivity contribution < 1.29 is 0 Å². The van der Waals surface area contributed by atoms with Gasteiger partial charge in [-0.05, 0) is 42.5 Å². The molecule has 0 amide bonds. The summed E-state index contributed by atoms with van der Waals surface area (Å²) in [5.74, 6) is 0. The van der Waals surface area contributed by atoms with Gasteiger partial charge in [-0.1, -0.05) is 42.1 Å². The van der Waals surface area contributed by atoms with Gasteiger partial charge in [0.15, 0.2) is 5.43 Å². The molecule has 0 aliphatic heterocycles. The smallest absolute Gasteiger partial charge is 0.195 e. The van der Waals surface area contributed by atoms with Gasteiger partial charge in [0.05, 0.1) is 0 Å². The summed E-state index contributed by atoms with van der Waals surface area (Å²) < 4.78 is 2.09. The average molecular weight is 320 g/mol. The van der Waals surface area contributed by atoms with Gasteiger partial charge < -0.3 is 0 Å². The van der Waals surface area contributed by atoms with Crippen molar-refractivity contribution in [3.8, 4) is 0 Å². The Hall–Kier alpha value is -2.10. The van der Waals surface area contributed by atoms with Gasteiger partial charge in [-0.3, -0.25) is 4.79 Å². The first-order valence-corrected chi connectivity index (χ1v) is 8.63. The van der Waals surface area contributed by atoms with E-state index in [0.717, 1.165) is 25.1 Å². The number of benzene rings is 3. The molecule has 3 aromatic carbocycles. The lowest BCUT2D eigenvalue weighted by Gasteiger charge is -2.04. The van der Waals surface area contributed by atoms with E-state index in [1.165, 1.54) is 4.90 Å². The summed E-state index contributed by atoms with van der Waals surface area (Å²) in [6.07, 6.45) is 0. The molecule has 22 heavy (non-hydrogen) atoms. The molecule has 4 aromatic rings. The van der Waals surface area contributed by atoms with Crippen molar-refractivity contribution in [1.82, 2.24) is 0 Å². The van der Waals surface area contributed by atoms with Crippen LogP contribution in [-0.2, 0) is 0 Å². The standard InChI is InChI=1S/C19H12OS2/c20-19-15-8-4-5-9-17(15)22-18-12-14(10-11-16(18)19)21-13-6-2-1-3-7-13/h1-12H. The summed E-state index contributed by atoms with van der Waals surface area (Å²) in [6, 6.07) is 24.2. The molecule has 0 saturated carbocycles. The Labute approximate surface area is 136 Å². The molecule has 3 heteroatoms. The molecule has 0 atom stereocenters. The third-order valence-electron chi connectivity index (χ3n) is 3.53. The SMILES string of the molecule is O=c1c2ccccc2sc2cc(Sc3ccccc3)ccc12. The fraction of sp³-hybridized carbons (Fsp3) is 0. The van der Waals surface area contributed by atoms with Gasteiger partial charge in [0.2, 0.25) is 0 Å². The van der Waals surface area contributed by atoms with Crippen LogP contribution in [0.5, 0.6) is 0 Å². The van der Waals surface area contributed by atoms with Crippen molar-refractivity contribution in [2.24, 2.45) is 0 Å². The second-order valence-corrected chi connectivity index (χ2v) is 7.23. The fourth-order valence-electron chi connectivity index (χ4n) is 2.47. The van der Waals surface area contributed by atoms with E-state index in [2.05, 4.69) is 18.2 Å². The predicted molar refractivity (Wildman–Crippen MR) is 96.2 cm³/mol. The topological polar surface area (TPSA) is 17.1 Å². The van der Waals surface area contributed by atoms with Crippen LogP contribution in [0.3, 0.4) is 0 Å². The van der Waals surface area contributed by atoms with Crippen LogP contribution < -0.4 is 5.43 Å². The highest BCUT2D eigenvalue weighted by Gasteiger charge is 2.06. The molecule has 0 saturated heterocycles. The highest BCUT2D eigenvalue weighted by atomic mass is 32.2. The van der Waals surface area contributed by atoms with Gasteiger partial charge in [0.1, 0.15) is 0 Å². The molecule has 0 fully saturated rings. The number of hydrogen-bond donors (Lipinski definition) is 0. The Morgan fingerprint density at radius 3 is 2.27 bits per heavy atom. The average Bonchev–Trinajstić information content (AvgIpc) is 2.56. The van der Waals surface area contributed by atoms with Crippen LogP contribution in [-0.4, -0.2) is 0 Å². The van der Waals surface area contributed by atoms with Crippen LogP contribution in [0.1, 0.15) is 0 Å². The molecule has 0 radical (unpaired) electrons.